The molecule has 1 N–H and O–H groups in total. The van der Waals surface area contributed by atoms with E-state index in [0.717, 1.165) is 55.9 Å². The second kappa shape index (κ2) is 6.18. The quantitative estimate of drug-likeness (QED) is 0.914. The van der Waals surface area contributed by atoms with Gasteiger partial charge < -0.3 is 19.2 Å². The monoisotopic (exact) mass is 343 g/mol. The highest BCUT2D eigenvalue weighted by Gasteiger charge is 2.41. The minimum atomic E-state index is 0.0279. The van der Waals surface area contributed by atoms with Crippen molar-refractivity contribution in [3.63, 3.8) is 0 Å². The summed E-state index contributed by atoms with van der Waals surface area (Å²) >= 11 is 3.39. The fraction of sp³-hybridized carbons (Fsp3) is 0.733. The fourth-order valence-corrected chi connectivity index (χ4v) is 3.87. The third-order valence-corrected chi connectivity index (χ3v) is 5.04. The first kappa shape index (κ1) is 14.6. The maximum atomic E-state index is 6.12. The zero-order valence-corrected chi connectivity index (χ0v) is 13.4. The smallest absolute Gasteiger partial charge is 0.169 e. The van der Waals surface area contributed by atoms with Crippen LogP contribution in [-0.2, 0) is 9.47 Å². The number of nitrogens with one attached hydrogen (secondary N) is 1. The summed E-state index contributed by atoms with van der Waals surface area (Å²) in [5, 5.41) is 3.42. The van der Waals surface area contributed by atoms with Crippen LogP contribution in [0.4, 0.5) is 0 Å². The summed E-state index contributed by atoms with van der Waals surface area (Å²) in [6.45, 7) is 2.48. The third kappa shape index (κ3) is 2.96. The average Bonchev–Trinajstić information content (AvgIpc) is 2.87. The number of halogens is 1. The van der Waals surface area contributed by atoms with Crippen LogP contribution >= 0.6 is 15.9 Å². The van der Waals surface area contributed by atoms with Gasteiger partial charge in [0, 0.05) is 19.8 Å². The topological polar surface area (TPSA) is 43.6 Å². The van der Waals surface area contributed by atoms with E-state index < -0.39 is 0 Å². The zero-order valence-electron chi connectivity index (χ0n) is 11.9. The summed E-state index contributed by atoms with van der Waals surface area (Å²) in [7, 11) is 2.01. The normalized spacial score (nSPS) is 27.6. The molecule has 2 atom stereocenters. The summed E-state index contributed by atoms with van der Waals surface area (Å²) < 4.78 is 18.2. The number of hydrogen-bond acceptors (Lipinski definition) is 4. The molecular formula is C15H22BrNO3. The second-order valence-electron chi connectivity index (χ2n) is 5.80. The predicted octanol–water partition coefficient (Wildman–Crippen LogP) is 3.28. The molecule has 20 heavy (non-hydrogen) atoms. The fourth-order valence-electron chi connectivity index (χ4n) is 3.55. The van der Waals surface area contributed by atoms with Crippen LogP contribution in [0.2, 0.25) is 0 Å². The van der Waals surface area contributed by atoms with Gasteiger partial charge in [0.1, 0.15) is 5.76 Å². The van der Waals surface area contributed by atoms with Gasteiger partial charge in [-0.1, -0.05) is 0 Å². The van der Waals surface area contributed by atoms with E-state index in [1.807, 2.05) is 13.1 Å². The van der Waals surface area contributed by atoms with E-state index in [4.69, 9.17) is 13.9 Å². The average molecular weight is 344 g/mol. The lowest BCUT2D eigenvalue weighted by atomic mass is 9.77. The SMILES string of the molecule is CNC(c1ccc(Br)o1)C1CCOC2(CCOCC2)C1. The van der Waals surface area contributed by atoms with E-state index in [-0.39, 0.29) is 11.6 Å². The first-order chi connectivity index (χ1) is 9.72. The molecule has 2 fully saturated rings. The molecule has 2 saturated heterocycles. The molecule has 2 aliphatic heterocycles. The van der Waals surface area contributed by atoms with Crippen molar-refractivity contribution in [2.24, 2.45) is 5.92 Å². The summed E-state index contributed by atoms with van der Waals surface area (Å²) in [5.41, 5.74) is 0.0279. The third-order valence-electron chi connectivity index (χ3n) is 4.62. The van der Waals surface area contributed by atoms with Crippen molar-refractivity contribution in [3.8, 4) is 0 Å². The maximum Gasteiger partial charge on any atom is 0.169 e. The van der Waals surface area contributed by atoms with Crippen LogP contribution in [0.15, 0.2) is 21.2 Å². The highest BCUT2D eigenvalue weighted by molar-refractivity contribution is 9.10. The van der Waals surface area contributed by atoms with Gasteiger partial charge in [-0.05, 0) is 66.7 Å². The van der Waals surface area contributed by atoms with Crippen molar-refractivity contribution in [1.82, 2.24) is 5.32 Å². The minimum absolute atomic E-state index is 0.0279. The highest BCUT2D eigenvalue weighted by atomic mass is 79.9. The van der Waals surface area contributed by atoms with E-state index in [9.17, 15) is 0 Å². The van der Waals surface area contributed by atoms with Gasteiger partial charge in [0.15, 0.2) is 4.67 Å². The van der Waals surface area contributed by atoms with Crippen LogP contribution in [0.1, 0.15) is 37.5 Å². The van der Waals surface area contributed by atoms with E-state index in [1.165, 1.54) is 0 Å². The highest BCUT2D eigenvalue weighted by Crippen LogP contribution is 2.42. The Bertz CT molecular complexity index is 437. The molecule has 5 heteroatoms. The standard InChI is InChI=1S/C15H22BrNO3/c1-17-14(12-2-3-13(16)20-12)11-4-7-19-15(10-11)5-8-18-9-6-15/h2-3,11,14,17H,4-10H2,1H3. The molecule has 0 amide bonds. The van der Waals surface area contributed by atoms with Crippen molar-refractivity contribution >= 4 is 15.9 Å². The second-order valence-corrected chi connectivity index (χ2v) is 6.59. The van der Waals surface area contributed by atoms with Crippen LogP contribution in [0, 0.1) is 5.92 Å². The zero-order chi connectivity index (χ0) is 14.0. The van der Waals surface area contributed by atoms with Gasteiger partial charge in [-0.25, -0.2) is 0 Å². The van der Waals surface area contributed by atoms with Gasteiger partial charge in [0.05, 0.1) is 11.6 Å². The molecular weight excluding hydrogens is 322 g/mol. The van der Waals surface area contributed by atoms with Gasteiger partial charge in [-0.2, -0.15) is 0 Å². The lowest BCUT2D eigenvalue weighted by Crippen LogP contribution is -2.46. The Morgan fingerprint density at radius 1 is 1.30 bits per heavy atom. The summed E-state index contributed by atoms with van der Waals surface area (Å²) in [5.74, 6) is 1.55. The molecule has 112 valence electrons. The lowest BCUT2D eigenvalue weighted by molar-refractivity contribution is -0.150. The number of ether oxygens (including phenoxy) is 2. The van der Waals surface area contributed by atoms with Gasteiger partial charge >= 0.3 is 0 Å². The van der Waals surface area contributed by atoms with Crippen LogP contribution < -0.4 is 5.32 Å². The minimum Gasteiger partial charge on any atom is -0.453 e. The van der Waals surface area contributed by atoms with Gasteiger partial charge in [0.25, 0.3) is 0 Å². The van der Waals surface area contributed by atoms with E-state index in [1.54, 1.807) is 0 Å². The molecule has 3 rings (SSSR count). The molecule has 1 spiro atoms. The Hall–Kier alpha value is -0.360. The van der Waals surface area contributed by atoms with E-state index >= 15 is 0 Å². The lowest BCUT2D eigenvalue weighted by Gasteiger charge is -2.45. The summed E-state index contributed by atoms with van der Waals surface area (Å²) in [4.78, 5) is 0. The predicted molar refractivity (Wildman–Crippen MR) is 79.7 cm³/mol. The van der Waals surface area contributed by atoms with Crippen LogP contribution in [0.25, 0.3) is 0 Å². The Morgan fingerprint density at radius 2 is 2.10 bits per heavy atom. The maximum absolute atomic E-state index is 6.12. The number of rotatable bonds is 3. The van der Waals surface area contributed by atoms with Crippen molar-refractivity contribution in [3.05, 3.63) is 22.6 Å². The van der Waals surface area contributed by atoms with Crippen molar-refractivity contribution in [2.45, 2.75) is 37.3 Å². The Kier molecular flexibility index (Phi) is 4.50. The molecule has 2 aliphatic rings. The molecule has 0 aliphatic carbocycles. The van der Waals surface area contributed by atoms with Crippen molar-refractivity contribution in [2.75, 3.05) is 26.9 Å². The van der Waals surface area contributed by atoms with Crippen LogP contribution in [0.5, 0.6) is 0 Å². The van der Waals surface area contributed by atoms with E-state index in [2.05, 4.69) is 27.3 Å². The Labute approximate surface area is 128 Å². The first-order valence-electron chi connectivity index (χ1n) is 7.37. The number of hydrogen-bond donors (Lipinski definition) is 1. The molecule has 4 nitrogen and oxygen atoms in total. The summed E-state index contributed by atoms with van der Waals surface area (Å²) in [6, 6.07) is 4.27. The van der Waals surface area contributed by atoms with Crippen LogP contribution in [-0.4, -0.2) is 32.5 Å². The molecule has 1 aromatic heterocycles. The van der Waals surface area contributed by atoms with Gasteiger partial charge in [0.2, 0.25) is 0 Å². The van der Waals surface area contributed by atoms with Crippen LogP contribution in [0.3, 0.4) is 0 Å². The Morgan fingerprint density at radius 3 is 2.75 bits per heavy atom. The van der Waals surface area contributed by atoms with E-state index in [0.29, 0.717) is 5.92 Å². The molecule has 0 aromatic carbocycles. The van der Waals surface area contributed by atoms with Crippen molar-refractivity contribution in [1.29, 1.82) is 0 Å². The van der Waals surface area contributed by atoms with Crippen molar-refractivity contribution < 1.29 is 13.9 Å². The molecule has 0 radical (unpaired) electrons. The Balaban J connectivity index is 1.74. The molecule has 0 saturated carbocycles. The first-order valence-corrected chi connectivity index (χ1v) is 8.16. The largest absolute Gasteiger partial charge is 0.453 e. The molecule has 3 heterocycles. The molecule has 2 unspecified atom stereocenters. The van der Waals surface area contributed by atoms with Gasteiger partial charge in [-0.15, -0.1) is 0 Å². The van der Waals surface area contributed by atoms with Gasteiger partial charge in [-0.3, -0.25) is 0 Å². The molecule has 1 aromatic rings. The number of furan rings is 1. The summed E-state index contributed by atoms with van der Waals surface area (Å²) in [6.07, 6.45) is 4.19. The molecule has 0 bridgehead atoms.